The van der Waals surface area contributed by atoms with E-state index in [4.69, 9.17) is 0 Å². The van der Waals surface area contributed by atoms with Crippen LogP contribution in [0.5, 0.6) is 0 Å². The monoisotopic (exact) mass is 666 g/mol. The van der Waals surface area contributed by atoms with Gasteiger partial charge in [0, 0.05) is 23.1 Å². The lowest BCUT2D eigenvalue weighted by Gasteiger charge is -2.28. The summed E-state index contributed by atoms with van der Waals surface area (Å²) in [6, 6.07) is 30.0. The minimum absolute atomic E-state index is 0.181. The molecule has 49 heavy (non-hydrogen) atoms. The summed E-state index contributed by atoms with van der Waals surface area (Å²) in [6.07, 6.45) is -0.0267. The van der Waals surface area contributed by atoms with Crippen molar-refractivity contribution in [1.82, 2.24) is 15.2 Å². The number of benzene rings is 4. The van der Waals surface area contributed by atoms with Crippen LogP contribution in [0.2, 0.25) is 0 Å². The highest BCUT2D eigenvalue weighted by atomic mass is 19.4. The molecule has 1 heterocycles. The number of aromatic nitrogens is 1. The molecule has 2 N–H and O–H groups in total. The number of anilines is 1. The zero-order chi connectivity index (χ0) is 34.8. The zero-order valence-electron chi connectivity index (χ0n) is 27.8. The molecule has 0 aliphatic heterocycles. The summed E-state index contributed by atoms with van der Waals surface area (Å²) in [5, 5.41) is 6.82. The molecule has 5 rings (SSSR count). The quantitative estimate of drug-likeness (QED) is 0.124. The Morgan fingerprint density at radius 3 is 2.12 bits per heavy atom. The van der Waals surface area contributed by atoms with E-state index >= 15 is 0 Å². The lowest BCUT2D eigenvalue weighted by atomic mass is 9.98. The van der Waals surface area contributed by atoms with Crippen molar-refractivity contribution in [2.45, 2.75) is 51.7 Å². The summed E-state index contributed by atoms with van der Waals surface area (Å²) in [5.74, 6) is -0.323. The van der Waals surface area contributed by atoms with E-state index in [0.717, 1.165) is 68.4 Å². The van der Waals surface area contributed by atoms with Crippen LogP contribution in [-0.2, 0) is 6.18 Å². The summed E-state index contributed by atoms with van der Waals surface area (Å²) in [4.78, 5) is 34.0. The van der Waals surface area contributed by atoms with Crippen molar-refractivity contribution >= 4 is 28.5 Å². The fourth-order valence-corrected chi connectivity index (χ4v) is 5.77. The second-order valence-corrected chi connectivity index (χ2v) is 12.1. The molecular formula is C40H41F3N4O2. The number of rotatable bonds is 14. The Morgan fingerprint density at radius 2 is 1.45 bits per heavy atom. The van der Waals surface area contributed by atoms with Crippen LogP contribution in [0.1, 0.15) is 77.4 Å². The zero-order valence-corrected chi connectivity index (χ0v) is 27.8. The first kappa shape index (κ1) is 35.3. The highest BCUT2D eigenvalue weighted by molar-refractivity contribution is 6.08. The van der Waals surface area contributed by atoms with Crippen LogP contribution in [0.3, 0.4) is 0 Å². The number of pyridine rings is 1. The lowest BCUT2D eigenvalue weighted by molar-refractivity contribution is -0.137. The van der Waals surface area contributed by atoms with Gasteiger partial charge in [0.15, 0.2) is 0 Å². The van der Waals surface area contributed by atoms with Gasteiger partial charge in [0.25, 0.3) is 11.8 Å². The third-order valence-corrected chi connectivity index (χ3v) is 8.49. The molecule has 5 aromatic rings. The molecule has 0 spiro atoms. The van der Waals surface area contributed by atoms with Crippen LogP contribution in [0, 0.1) is 0 Å². The third-order valence-electron chi connectivity index (χ3n) is 8.49. The number of hydrogen-bond donors (Lipinski definition) is 2. The van der Waals surface area contributed by atoms with Crippen molar-refractivity contribution in [3.63, 3.8) is 0 Å². The van der Waals surface area contributed by atoms with Gasteiger partial charge in [-0.3, -0.25) is 9.59 Å². The lowest BCUT2D eigenvalue weighted by Crippen LogP contribution is -2.39. The number of fused-ring (bicyclic) bond motifs is 1. The molecule has 0 unspecified atom stereocenters. The first-order chi connectivity index (χ1) is 23.7. The van der Waals surface area contributed by atoms with Gasteiger partial charge in [-0.2, -0.15) is 13.2 Å². The first-order valence-electron chi connectivity index (χ1n) is 16.7. The number of halogens is 3. The van der Waals surface area contributed by atoms with E-state index in [9.17, 15) is 22.8 Å². The van der Waals surface area contributed by atoms with Crippen molar-refractivity contribution < 1.29 is 22.8 Å². The number of hydrogen-bond acceptors (Lipinski definition) is 4. The van der Waals surface area contributed by atoms with Gasteiger partial charge in [0.05, 0.1) is 17.1 Å². The second-order valence-electron chi connectivity index (χ2n) is 12.1. The summed E-state index contributed by atoms with van der Waals surface area (Å²) in [7, 11) is 0. The fraction of sp³-hybridized carbons (Fsp3) is 0.275. The van der Waals surface area contributed by atoms with E-state index in [-0.39, 0.29) is 11.9 Å². The standard InChI is InChI=1S/C40H41F3N4O2/c1-3-5-24-47(25-6-4-2)27-36(29-12-8-7-9-13-29)45-38(48)31-18-22-35-30(26-31)19-23-37(44-35)46-39(49)34-15-11-10-14-33(34)28-16-20-32(21-17-28)40(41,42)43/h7-23,26,36H,3-6,24-25,27H2,1-2H3,(H,45,48)(H,44,46,49)/t36-/m1/s1. The molecule has 0 aliphatic carbocycles. The van der Waals surface area contributed by atoms with Gasteiger partial charge in [0.1, 0.15) is 5.82 Å². The minimum Gasteiger partial charge on any atom is -0.344 e. The molecule has 1 atom stereocenters. The summed E-state index contributed by atoms with van der Waals surface area (Å²) < 4.78 is 39.2. The molecule has 6 nitrogen and oxygen atoms in total. The molecule has 0 aliphatic rings. The molecule has 0 fully saturated rings. The van der Waals surface area contributed by atoms with Crippen molar-refractivity contribution in [1.29, 1.82) is 0 Å². The maximum atomic E-state index is 13.6. The van der Waals surface area contributed by atoms with Crippen LogP contribution in [0.25, 0.3) is 22.0 Å². The number of amides is 2. The topological polar surface area (TPSA) is 74.3 Å². The van der Waals surface area contributed by atoms with Crippen LogP contribution < -0.4 is 10.6 Å². The highest BCUT2D eigenvalue weighted by Gasteiger charge is 2.30. The van der Waals surface area contributed by atoms with Gasteiger partial charge >= 0.3 is 6.18 Å². The van der Waals surface area contributed by atoms with Crippen LogP contribution in [0.15, 0.2) is 109 Å². The van der Waals surface area contributed by atoms with Crippen molar-refractivity contribution in [2.24, 2.45) is 0 Å². The van der Waals surface area contributed by atoms with E-state index in [1.807, 2.05) is 30.3 Å². The number of carbonyl (C=O) groups is 2. The van der Waals surface area contributed by atoms with Gasteiger partial charge in [-0.25, -0.2) is 4.98 Å². The summed E-state index contributed by atoms with van der Waals surface area (Å²) in [5.41, 5.74) is 2.68. The Balaban J connectivity index is 1.31. The third kappa shape index (κ3) is 9.32. The van der Waals surface area contributed by atoms with Gasteiger partial charge in [-0.15, -0.1) is 0 Å². The van der Waals surface area contributed by atoms with Crippen LogP contribution in [-0.4, -0.2) is 41.3 Å². The first-order valence-corrected chi connectivity index (χ1v) is 16.7. The van der Waals surface area contributed by atoms with Gasteiger partial charge in [0.2, 0.25) is 0 Å². The summed E-state index contributed by atoms with van der Waals surface area (Å²) >= 11 is 0. The van der Waals surface area contributed by atoms with E-state index in [0.29, 0.717) is 33.6 Å². The SMILES string of the molecule is CCCCN(CCCC)C[C@@H](NC(=O)c1ccc2nc(NC(=O)c3ccccc3-c3ccc(C(F)(F)F)cc3)ccc2c1)c1ccccc1. The Kier molecular flexibility index (Phi) is 11.8. The van der Waals surface area contributed by atoms with Crippen molar-refractivity contribution in [3.05, 3.63) is 131 Å². The van der Waals surface area contributed by atoms with Gasteiger partial charge in [-0.05, 0) is 91.2 Å². The molecule has 0 saturated carbocycles. The van der Waals surface area contributed by atoms with Crippen LogP contribution in [0.4, 0.5) is 19.0 Å². The molecule has 0 saturated heterocycles. The smallest absolute Gasteiger partial charge is 0.344 e. The Hall–Kier alpha value is -5.02. The number of alkyl halides is 3. The van der Waals surface area contributed by atoms with E-state index < -0.39 is 17.6 Å². The van der Waals surface area contributed by atoms with Crippen molar-refractivity contribution in [2.75, 3.05) is 25.0 Å². The fourth-order valence-electron chi connectivity index (χ4n) is 5.77. The molecule has 0 radical (unpaired) electrons. The normalized spacial score (nSPS) is 12.2. The van der Waals surface area contributed by atoms with Gasteiger partial charge < -0.3 is 15.5 Å². The molecule has 2 amide bonds. The maximum absolute atomic E-state index is 13.6. The predicted molar refractivity (Wildman–Crippen MR) is 189 cm³/mol. The Morgan fingerprint density at radius 1 is 0.776 bits per heavy atom. The largest absolute Gasteiger partial charge is 0.416 e. The number of nitrogens with one attached hydrogen (secondary N) is 2. The average molecular weight is 667 g/mol. The average Bonchev–Trinajstić information content (AvgIpc) is 3.12. The van der Waals surface area contributed by atoms with E-state index in [2.05, 4.69) is 34.4 Å². The second kappa shape index (κ2) is 16.4. The number of carbonyl (C=O) groups excluding carboxylic acids is 2. The highest BCUT2D eigenvalue weighted by Crippen LogP contribution is 2.32. The van der Waals surface area contributed by atoms with E-state index in [1.165, 1.54) is 12.1 Å². The van der Waals surface area contributed by atoms with Crippen molar-refractivity contribution in [3.8, 4) is 11.1 Å². The Bertz CT molecular complexity index is 1850. The minimum atomic E-state index is -4.45. The molecule has 254 valence electrons. The van der Waals surface area contributed by atoms with E-state index in [1.54, 1.807) is 54.6 Å². The number of nitrogens with zero attached hydrogens (tertiary/aromatic N) is 2. The number of unbranched alkanes of at least 4 members (excludes halogenated alkanes) is 2. The summed E-state index contributed by atoms with van der Waals surface area (Å²) in [6.45, 7) is 7.06. The van der Waals surface area contributed by atoms with Gasteiger partial charge in [-0.1, -0.05) is 87.4 Å². The predicted octanol–water partition coefficient (Wildman–Crippen LogP) is 9.55. The maximum Gasteiger partial charge on any atom is 0.416 e. The molecule has 1 aromatic heterocycles. The Labute approximate surface area is 285 Å². The molecule has 9 heteroatoms. The molecule has 0 bridgehead atoms. The van der Waals surface area contributed by atoms with Crippen LogP contribution >= 0.6 is 0 Å². The molecular weight excluding hydrogens is 625 g/mol. The molecule has 4 aromatic carbocycles.